The van der Waals surface area contributed by atoms with Gasteiger partial charge >= 0.3 is 0 Å². The minimum Gasteiger partial charge on any atom is -0.497 e. The third kappa shape index (κ3) is 4.79. The molecule has 0 bridgehead atoms. The highest BCUT2D eigenvalue weighted by molar-refractivity contribution is 5.92. The zero-order valence-electron chi connectivity index (χ0n) is 12.2. The van der Waals surface area contributed by atoms with Gasteiger partial charge < -0.3 is 14.8 Å². The fraction of sp³-hybridized carbons (Fsp3) is 0.500. The molecule has 0 aliphatic carbocycles. The molecule has 0 unspecified atom stereocenters. The zero-order valence-corrected chi connectivity index (χ0v) is 12.2. The van der Waals surface area contributed by atoms with Crippen molar-refractivity contribution in [3.63, 3.8) is 0 Å². The number of hydrogen-bond acceptors (Lipinski definition) is 4. The summed E-state index contributed by atoms with van der Waals surface area (Å²) >= 11 is 0. The van der Waals surface area contributed by atoms with Crippen LogP contribution in [-0.4, -0.2) is 44.7 Å². The van der Waals surface area contributed by atoms with Crippen LogP contribution in [0.3, 0.4) is 0 Å². The van der Waals surface area contributed by atoms with Crippen LogP contribution >= 0.6 is 0 Å². The topological polar surface area (TPSA) is 50.8 Å². The maximum atomic E-state index is 11.9. The maximum Gasteiger partial charge on any atom is 0.238 e. The van der Waals surface area contributed by atoms with Gasteiger partial charge in [0.25, 0.3) is 0 Å². The third-order valence-electron chi connectivity index (χ3n) is 2.91. The number of nitrogens with one attached hydrogen (secondary N) is 1. The average molecular weight is 266 g/mol. The van der Waals surface area contributed by atoms with E-state index in [1.54, 1.807) is 32.4 Å². The van der Waals surface area contributed by atoms with Crippen molar-refractivity contribution in [3.05, 3.63) is 18.2 Å². The molecule has 5 nitrogen and oxygen atoms in total. The predicted octanol–water partition coefficient (Wildman–Crippen LogP) is 1.98. The summed E-state index contributed by atoms with van der Waals surface area (Å²) in [6.07, 6.45) is 0. The molecular formula is C14H22N2O3. The van der Waals surface area contributed by atoms with Crippen LogP contribution in [0.2, 0.25) is 0 Å². The van der Waals surface area contributed by atoms with Gasteiger partial charge in [-0.3, -0.25) is 9.69 Å². The molecule has 0 atom stereocenters. The van der Waals surface area contributed by atoms with Gasteiger partial charge in [-0.25, -0.2) is 0 Å². The van der Waals surface area contributed by atoms with Gasteiger partial charge in [0, 0.05) is 29.9 Å². The van der Waals surface area contributed by atoms with E-state index in [1.807, 2.05) is 25.8 Å². The highest BCUT2D eigenvalue weighted by Gasteiger charge is 2.10. The van der Waals surface area contributed by atoms with Crippen molar-refractivity contribution in [1.82, 2.24) is 4.90 Å². The summed E-state index contributed by atoms with van der Waals surface area (Å²) in [7, 11) is 5.07. The third-order valence-corrected chi connectivity index (χ3v) is 2.91. The summed E-state index contributed by atoms with van der Waals surface area (Å²) in [6.45, 7) is 4.43. The fourth-order valence-electron chi connectivity index (χ4n) is 1.49. The van der Waals surface area contributed by atoms with Crippen LogP contribution in [0.1, 0.15) is 13.8 Å². The summed E-state index contributed by atoms with van der Waals surface area (Å²) in [4.78, 5) is 13.9. The Morgan fingerprint density at radius 2 is 1.74 bits per heavy atom. The molecule has 1 N–H and O–H groups in total. The number of hydrogen-bond donors (Lipinski definition) is 1. The summed E-state index contributed by atoms with van der Waals surface area (Å²) in [5.74, 6) is 1.23. The number of amides is 1. The maximum absolute atomic E-state index is 11.9. The van der Waals surface area contributed by atoms with Crippen molar-refractivity contribution in [1.29, 1.82) is 0 Å². The minimum atomic E-state index is -0.0634. The number of anilines is 1. The quantitative estimate of drug-likeness (QED) is 0.855. The van der Waals surface area contributed by atoms with Crippen LogP contribution in [0.25, 0.3) is 0 Å². The molecule has 0 aliphatic rings. The van der Waals surface area contributed by atoms with Gasteiger partial charge in [-0.1, -0.05) is 0 Å². The second-order valence-electron chi connectivity index (χ2n) is 4.66. The van der Waals surface area contributed by atoms with E-state index in [2.05, 4.69) is 5.32 Å². The summed E-state index contributed by atoms with van der Waals surface area (Å²) in [5, 5.41) is 2.84. The number of carbonyl (C=O) groups is 1. The SMILES string of the molecule is COc1cc(NC(=O)CN(C)C(C)C)cc(OC)c1. The van der Waals surface area contributed by atoms with Crippen molar-refractivity contribution < 1.29 is 14.3 Å². The first-order valence-corrected chi connectivity index (χ1v) is 6.19. The first-order valence-electron chi connectivity index (χ1n) is 6.19. The molecule has 0 aliphatic heterocycles. The van der Waals surface area contributed by atoms with Gasteiger partial charge in [-0.05, 0) is 20.9 Å². The van der Waals surface area contributed by atoms with E-state index in [9.17, 15) is 4.79 Å². The number of carbonyl (C=O) groups excluding carboxylic acids is 1. The molecule has 1 aromatic rings. The molecule has 106 valence electrons. The number of nitrogens with zero attached hydrogens (tertiary/aromatic N) is 1. The van der Waals surface area contributed by atoms with Crippen molar-refractivity contribution >= 4 is 11.6 Å². The molecular weight excluding hydrogens is 244 g/mol. The molecule has 0 spiro atoms. The summed E-state index contributed by atoms with van der Waals surface area (Å²) < 4.78 is 10.3. The Morgan fingerprint density at radius 3 is 2.16 bits per heavy atom. The highest BCUT2D eigenvalue weighted by Crippen LogP contribution is 2.25. The lowest BCUT2D eigenvalue weighted by Gasteiger charge is -2.20. The normalized spacial score (nSPS) is 10.7. The van der Waals surface area contributed by atoms with Gasteiger partial charge in [-0.2, -0.15) is 0 Å². The Bertz CT molecular complexity index is 410. The van der Waals surface area contributed by atoms with E-state index in [1.165, 1.54) is 0 Å². The van der Waals surface area contributed by atoms with Crippen molar-refractivity contribution in [3.8, 4) is 11.5 Å². The van der Waals surface area contributed by atoms with E-state index in [0.717, 1.165) is 0 Å². The molecule has 19 heavy (non-hydrogen) atoms. The summed E-state index contributed by atoms with van der Waals surface area (Å²) in [6, 6.07) is 5.60. The highest BCUT2D eigenvalue weighted by atomic mass is 16.5. The Kier molecular flexibility index (Phi) is 5.63. The second kappa shape index (κ2) is 6.99. The lowest BCUT2D eigenvalue weighted by molar-refractivity contribution is -0.117. The number of rotatable bonds is 6. The van der Waals surface area contributed by atoms with Gasteiger partial charge in [0.2, 0.25) is 5.91 Å². The Labute approximate surface area is 114 Å². The molecule has 0 heterocycles. The van der Waals surface area contributed by atoms with Crippen LogP contribution in [0, 0.1) is 0 Å². The van der Waals surface area contributed by atoms with E-state index in [0.29, 0.717) is 29.8 Å². The second-order valence-corrected chi connectivity index (χ2v) is 4.66. The molecule has 1 aromatic carbocycles. The Morgan fingerprint density at radius 1 is 1.21 bits per heavy atom. The molecule has 0 fully saturated rings. The Balaban J connectivity index is 2.73. The monoisotopic (exact) mass is 266 g/mol. The van der Waals surface area contributed by atoms with E-state index >= 15 is 0 Å². The largest absolute Gasteiger partial charge is 0.497 e. The van der Waals surface area contributed by atoms with E-state index in [-0.39, 0.29) is 5.91 Å². The molecule has 5 heteroatoms. The van der Waals surface area contributed by atoms with Crippen molar-refractivity contribution in [2.24, 2.45) is 0 Å². The van der Waals surface area contributed by atoms with Gasteiger partial charge in [0.15, 0.2) is 0 Å². The number of likely N-dealkylation sites (N-methyl/N-ethyl adjacent to an activating group) is 1. The van der Waals surface area contributed by atoms with E-state index in [4.69, 9.17) is 9.47 Å². The van der Waals surface area contributed by atoms with Gasteiger partial charge in [0.1, 0.15) is 11.5 Å². The van der Waals surface area contributed by atoms with Gasteiger partial charge in [-0.15, -0.1) is 0 Å². The summed E-state index contributed by atoms with van der Waals surface area (Å²) in [5.41, 5.74) is 0.665. The number of benzene rings is 1. The fourth-order valence-corrected chi connectivity index (χ4v) is 1.49. The predicted molar refractivity (Wildman–Crippen MR) is 75.9 cm³/mol. The standard InChI is InChI=1S/C14H22N2O3/c1-10(2)16(3)9-14(17)15-11-6-12(18-4)8-13(7-11)19-5/h6-8,10H,9H2,1-5H3,(H,15,17). The zero-order chi connectivity index (χ0) is 14.4. The molecule has 0 saturated carbocycles. The first kappa shape index (κ1) is 15.3. The van der Waals surface area contributed by atoms with Crippen LogP contribution in [0.4, 0.5) is 5.69 Å². The lowest BCUT2D eigenvalue weighted by Crippen LogP contribution is -2.34. The number of methoxy groups -OCH3 is 2. The smallest absolute Gasteiger partial charge is 0.238 e. The van der Waals surface area contributed by atoms with Crippen LogP contribution in [-0.2, 0) is 4.79 Å². The van der Waals surface area contributed by atoms with Crippen LogP contribution in [0.15, 0.2) is 18.2 Å². The van der Waals surface area contributed by atoms with Crippen molar-refractivity contribution in [2.75, 3.05) is 33.1 Å². The molecule has 1 amide bonds. The van der Waals surface area contributed by atoms with Crippen LogP contribution < -0.4 is 14.8 Å². The lowest BCUT2D eigenvalue weighted by atomic mass is 10.2. The molecule has 0 radical (unpaired) electrons. The molecule has 0 aromatic heterocycles. The van der Waals surface area contributed by atoms with Crippen LogP contribution in [0.5, 0.6) is 11.5 Å². The van der Waals surface area contributed by atoms with E-state index < -0.39 is 0 Å². The first-order chi connectivity index (χ1) is 8.96. The molecule has 1 rings (SSSR count). The number of ether oxygens (including phenoxy) is 2. The molecule has 0 saturated heterocycles. The Hall–Kier alpha value is -1.75. The van der Waals surface area contributed by atoms with Gasteiger partial charge in [0.05, 0.1) is 20.8 Å². The van der Waals surface area contributed by atoms with Crippen molar-refractivity contribution in [2.45, 2.75) is 19.9 Å². The minimum absolute atomic E-state index is 0.0634. The average Bonchev–Trinajstić information content (AvgIpc) is 2.37.